The summed E-state index contributed by atoms with van der Waals surface area (Å²) in [5.41, 5.74) is 4.02. The third-order valence-corrected chi connectivity index (χ3v) is 5.37. The van der Waals surface area contributed by atoms with Gasteiger partial charge in [-0.25, -0.2) is 8.78 Å². The van der Waals surface area contributed by atoms with Gasteiger partial charge in [-0.2, -0.15) is 0 Å². The molecule has 3 rings (SSSR count). The van der Waals surface area contributed by atoms with Crippen LogP contribution in [0.15, 0.2) is 36.4 Å². The van der Waals surface area contributed by atoms with Gasteiger partial charge in [0, 0.05) is 24.3 Å². The highest BCUT2D eigenvalue weighted by Gasteiger charge is 2.23. The molecule has 166 valence electrons. The smallest absolute Gasteiger partial charge is 0.126 e. The molecule has 2 atom stereocenters. The van der Waals surface area contributed by atoms with Crippen molar-refractivity contribution in [1.29, 1.82) is 0 Å². The Morgan fingerprint density at radius 3 is 2.57 bits per heavy atom. The Morgan fingerprint density at radius 2 is 1.90 bits per heavy atom. The van der Waals surface area contributed by atoms with E-state index in [0.29, 0.717) is 18.5 Å². The topological polar surface area (TPSA) is 71.5 Å². The minimum atomic E-state index is -0.669. The number of halogens is 3. The van der Waals surface area contributed by atoms with Gasteiger partial charge in [0.1, 0.15) is 11.6 Å². The molecule has 2 aromatic carbocycles. The maximum absolute atomic E-state index is 14.2. The standard InChI is InChI=1S/C22H28F3N3O.H3N/c1-3-15-4-5-21-20(13-15)22(7-9-27-21)26-8-6-19(28(25)29-2)12-16-10-17(23)14-18(24)11-16;/h4-5,10-11,13-14,19,22,26-27H,3,6-9,12H2,1-2H3;1H3/t19-,22?;/m1./s1. The highest BCUT2D eigenvalue weighted by molar-refractivity contribution is 5.56. The van der Waals surface area contributed by atoms with E-state index in [0.717, 1.165) is 31.1 Å². The Hall–Kier alpha value is -2.13. The van der Waals surface area contributed by atoms with Crippen LogP contribution in [0.5, 0.6) is 0 Å². The molecule has 0 aliphatic carbocycles. The van der Waals surface area contributed by atoms with Gasteiger partial charge in [-0.3, -0.25) is 4.84 Å². The molecular formula is C22H31F3N4O. The van der Waals surface area contributed by atoms with E-state index in [9.17, 15) is 13.3 Å². The van der Waals surface area contributed by atoms with Crippen LogP contribution in [0.2, 0.25) is 0 Å². The number of nitrogens with zero attached hydrogens (tertiary/aromatic N) is 1. The van der Waals surface area contributed by atoms with Gasteiger partial charge in [-0.05, 0) is 72.4 Å². The van der Waals surface area contributed by atoms with Crippen molar-refractivity contribution in [2.75, 3.05) is 25.5 Å². The summed E-state index contributed by atoms with van der Waals surface area (Å²) in [5.74, 6) is -1.34. The van der Waals surface area contributed by atoms with Crippen molar-refractivity contribution in [3.05, 3.63) is 64.7 Å². The number of anilines is 1. The molecule has 1 aliphatic heterocycles. The highest BCUT2D eigenvalue weighted by atomic mass is 19.2. The van der Waals surface area contributed by atoms with E-state index in [-0.39, 0.29) is 23.9 Å². The summed E-state index contributed by atoms with van der Waals surface area (Å²) >= 11 is 0. The zero-order valence-corrected chi connectivity index (χ0v) is 17.6. The molecule has 0 spiro atoms. The lowest BCUT2D eigenvalue weighted by molar-refractivity contribution is -0.288. The Kier molecular flexibility index (Phi) is 9.10. The third kappa shape index (κ3) is 6.18. The predicted octanol–water partition coefficient (Wildman–Crippen LogP) is 4.88. The van der Waals surface area contributed by atoms with Crippen LogP contribution >= 0.6 is 0 Å². The molecule has 2 aromatic rings. The molecule has 0 fully saturated rings. The van der Waals surface area contributed by atoms with Crippen molar-refractivity contribution in [1.82, 2.24) is 16.8 Å². The Bertz CT molecular complexity index is 801. The number of aryl methyl sites for hydroxylation is 1. The van der Waals surface area contributed by atoms with Crippen LogP contribution < -0.4 is 16.8 Å². The largest absolute Gasteiger partial charge is 0.385 e. The van der Waals surface area contributed by atoms with Crippen LogP contribution in [0, 0.1) is 11.6 Å². The van der Waals surface area contributed by atoms with Crippen molar-refractivity contribution in [2.24, 2.45) is 0 Å². The van der Waals surface area contributed by atoms with Crippen LogP contribution in [0.4, 0.5) is 18.9 Å². The van der Waals surface area contributed by atoms with Gasteiger partial charge in [-0.15, -0.1) is 4.48 Å². The van der Waals surface area contributed by atoms with Gasteiger partial charge < -0.3 is 16.8 Å². The predicted molar refractivity (Wildman–Crippen MR) is 113 cm³/mol. The van der Waals surface area contributed by atoms with Gasteiger partial charge in [0.25, 0.3) is 0 Å². The molecule has 0 saturated carbocycles. The fourth-order valence-electron chi connectivity index (χ4n) is 3.85. The first kappa shape index (κ1) is 24.1. The molecular weight excluding hydrogens is 393 g/mol. The number of rotatable bonds is 9. The molecule has 0 radical (unpaired) electrons. The second-order valence-electron chi connectivity index (χ2n) is 7.38. The van der Waals surface area contributed by atoms with Gasteiger partial charge >= 0.3 is 0 Å². The summed E-state index contributed by atoms with van der Waals surface area (Å²) in [4.78, 5) is 4.72. The molecule has 0 aromatic heterocycles. The second-order valence-corrected chi connectivity index (χ2v) is 7.38. The summed E-state index contributed by atoms with van der Waals surface area (Å²) in [7, 11) is 1.24. The van der Waals surface area contributed by atoms with E-state index in [1.807, 2.05) is 0 Å². The van der Waals surface area contributed by atoms with E-state index in [1.54, 1.807) is 0 Å². The normalized spacial score (nSPS) is 16.5. The summed E-state index contributed by atoms with van der Waals surface area (Å²) in [6.45, 7) is 3.54. The van der Waals surface area contributed by atoms with Crippen molar-refractivity contribution in [3.8, 4) is 0 Å². The first-order chi connectivity index (χ1) is 14.0. The zero-order valence-electron chi connectivity index (χ0n) is 17.6. The average molecular weight is 425 g/mol. The van der Waals surface area contributed by atoms with Gasteiger partial charge in [-0.1, -0.05) is 19.1 Å². The van der Waals surface area contributed by atoms with Crippen molar-refractivity contribution in [2.45, 2.75) is 44.7 Å². The first-order valence-corrected chi connectivity index (χ1v) is 10.0. The first-order valence-electron chi connectivity index (χ1n) is 10.0. The van der Waals surface area contributed by atoms with Crippen LogP contribution in [0.1, 0.15) is 42.5 Å². The minimum absolute atomic E-state index is 0. The van der Waals surface area contributed by atoms with Gasteiger partial charge in [0.2, 0.25) is 0 Å². The lowest BCUT2D eigenvalue weighted by atomic mass is 9.95. The lowest BCUT2D eigenvalue weighted by Gasteiger charge is -2.29. The van der Waals surface area contributed by atoms with Crippen LogP contribution in [0.3, 0.4) is 0 Å². The van der Waals surface area contributed by atoms with Crippen LogP contribution in [0.25, 0.3) is 0 Å². The zero-order chi connectivity index (χ0) is 20.8. The summed E-state index contributed by atoms with van der Waals surface area (Å²) in [6, 6.07) is 9.23. The number of benzene rings is 2. The number of nitrogens with one attached hydrogen (secondary N) is 2. The van der Waals surface area contributed by atoms with E-state index < -0.39 is 17.7 Å². The lowest BCUT2D eigenvalue weighted by Crippen LogP contribution is -2.35. The Balaban J connectivity index is 0.00000320. The number of fused-ring (bicyclic) bond motifs is 1. The Morgan fingerprint density at radius 1 is 1.17 bits per heavy atom. The second kappa shape index (κ2) is 11.3. The van der Waals surface area contributed by atoms with E-state index in [2.05, 4.69) is 35.8 Å². The number of hydroxylamine groups is 1. The van der Waals surface area contributed by atoms with E-state index in [1.165, 1.54) is 30.4 Å². The number of hydrogen-bond donors (Lipinski definition) is 3. The maximum atomic E-state index is 14.2. The van der Waals surface area contributed by atoms with E-state index >= 15 is 0 Å². The SMILES string of the molecule is CCc1ccc2c(c1)C(NCC[C@H](Cc1cc(F)cc(F)c1)N(F)OC)CCN2.N. The van der Waals surface area contributed by atoms with Crippen LogP contribution in [-0.4, -0.2) is 31.5 Å². The fourth-order valence-corrected chi connectivity index (χ4v) is 3.85. The Labute approximate surface area is 176 Å². The minimum Gasteiger partial charge on any atom is -0.385 e. The summed E-state index contributed by atoms with van der Waals surface area (Å²) < 4.78 is 41.1. The van der Waals surface area contributed by atoms with Crippen molar-refractivity contribution in [3.63, 3.8) is 0 Å². The molecule has 1 heterocycles. The molecule has 30 heavy (non-hydrogen) atoms. The van der Waals surface area contributed by atoms with Gasteiger partial charge in [0.05, 0.1) is 13.2 Å². The van der Waals surface area contributed by atoms with Gasteiger partial charge in [0.15, 0.2) is 0 Å². The molecule has 1 unspecified atom stereocenters. The van der Waals surface area contributed by atoms with Crippen molar-refractivity contribution < 1.29 is 18.1 Å². The molecule has 1 aliphatic rings. The fraction of sp³-hybridized carbons (Fsp3) is 0.455. The quantitative estimate of drug-likeness (QED) is 0.395. The highest BCUT2D eigenvalue weighted by Crippen LogP contribution is 2.31. The van der Waals surface area contributed by atoms with Crippen molar-refractivity contribution >= 4 is 5.69 Å². The molecule has 5 nitrogen and oxygen atoms in total. The average Bonchev–Trinajstić information content (AvgIpc) is 2.71. The van der Waals surface area contributed by atoms with E-state index in [4.69, 9.17) is 4.84 Å². The third-order valence-electron chi connectivity index (χ3n) is 5.37. The molecule has 0 bridgehead atoms. The monoisotopic (exact) mass is 424 g/mol. The molecule has 0 saturated heterocycles. The number of hydrogen-bond acceptors (Lipinski definition) is 5. The maximum Gasteiger partial charge on any atom is 0.126 e. The molecule has 0 amide bonds. The molecule has 5 N–H and O–H groups in total. The molecule has 8 heteroatoms. The summed E-state index contributed by atoms with van der Waals surface area (Å²) in [5, 5.41) is 7.18. The van der Waals surface area contributed by atoms with Crippen LogP contribution in [-0.2, 0) is 17.7 Å². The summed E-state index contributed by atoms with van der Waals surface area (Å²) in [6.07, 6.45) is 2.47.